The molecule has 118 valence electrons. The molecule has 0 fully saturated rings. The van der Waals surface area contributed by atoms with Crippen molar-refractivity contribution in [2.45, 2.75) is 6.54 Å². The fraction of sp³-hybridized carbons (Fsp3) is 0.167. The molecule has 2 N–H and O–H groups in total. The van der Waals surface area contributed by atoms with E-state index in [4.69, 9.17) is 9.47 Å². The van der Waals surface area contributed by atoms with E-state index in [0.29, 0.717) is 23.6 Å². The number of H-pyrrole nitrogens is 1. The number of aromatic amines is 1. The van der Waals surface area contributed by atoms with E-state index in [1.807, 2.05) is 42.5 Å². The summed E-state index contributed by atoms with van der Waals surface area (Å²) in [5.74, 6) is 1.09. The van der Waals surface area contributed by atoms with Gasteiger partial charge in [0, 0.05) is 24.2 Å². The molecule has 2 aromatic carbocycles. The Hall–Kier alpha value is -2.95. The number of fused-ring (bicyclic) bond motifs is 1. The molecule has 5 heteroatoms. The zero-order chi connectivity index (χ0) is 16.2. The summed E-state index contributed by atoms with van der Waals surface area (Å²) in [5, 5.41) is 3.73. The average molecular weight is 310 g/mol. The third-order valence-electron chi connectivity index (χ3n) is 3.73. The maximum atomic E-state index is 12.4. The fourth-order valence-electron chi connectivity index (χ4n) is 2.51. The Balaban J connectivity index is 1.86. The highest BCUT2D eigenvalue weighted by Gasteiger charge is 2.15. The van der Waals surface area contributed by atoms with Gasteiger partial charge < -0.3 is 19.8 Å². The fourth-order valence-corrected chi connectivity index (χ4v) is 2.51. The second-order valence-corrected chi connectivity index (χ2v) is 5.12. The van der Waals surface area contributed by atoms with Gasteiger partial charge >= 0.3 is 0 Å². The van der Waals surface area contributed by atoms with E-state index in [1.165, 1.54) is 0 Å². The van der Waals surface area contributed by atoms with E-state index < -0.39 is 0 Å². The number of hydrogen-bond donors (Lipinski definition) is 2. The average Bonchev–Trinajstić information content (AvgIpc) is 3.02. The van der Waals surface area contributed by atoms with Gasteiger partial charge in [-0.2, -0.15) is 0 Å². The van der Waals surface area contributed by atoms with Crippen LogP contribution in [0, 0.1) is 0 Å². The summed E-state index contributed by atoms with van der Waals surface area (Å²) in [5.41, 5.74) is 2.46. The number of carbonyl (C=O) groups is 1. The monoisotopic (exact) mass is 310 g/mol. The van der Waals surface area contributed by atoms with Crippen LogP contribution in [-0.4, -0.2) is 25.1 Å². The predicted octanol–water partition coefficient (Wildman–Crippen LogP) is 3.12. The third-order valence-corrected chi connectivity index (χ3v) is 3.73. The van der Waals surface area contributed by atoms with Crippen LogP contribution in [0.5, 0.6) is 11.5 Å². The lowest BCUT2D eigenvalue weighted by atomic mass is 10.1. The molecule has 1 heterocycles. The van der Waals surface area contributed by atoms with E-state index in [-0.39, 0.29) is 5.91 Å². The molecule has 0 unspecified atom stereocenters. The zero-order valence-corrected chi connectivity index (χ0v) is 13.1. The summed E-state index contributed by atoms with van der Waals surface area (Å²) in [7, 11) is 3.16. The van der Waals surface area contributed by atoms with Crippen LogP contribution in [0.2, 0.25) is 0 Å². The van der Waals surface area contributed by atoms with Crippen LogP contribution in [0.25, 0.3) is 10.9 Å². The second kappa shape index (κ2) is 6.44. The van der Waals surface area contributed by atoms with Crippen molar-refractivity contribution in [2.24, 2.45) is 0 Å². The molecule has 0 bridgehead atoms. The van der Waals surface area contributed by atoms with Crippen molar-refractivity contribution in [2.75, 3.05) is 14.2 Å². The van der Waals surface area contributed by atoms with E-state index in [9.17, 15) is 4.79 Å². The Morgan fingerprint density at radius 3 is 2.48 bits per heavy atom. The summed E-state index contributed by atoms with van der Waals surface area (Å²) < 4.78 is 10.6. The Bertz CT molecular complexity index is 825. The number of carbonyl (C=O) groups excluding carboxylic acids is 1. The number of ether oxygens (including phenoxy) is 2. The first kappa shape index (κ1) is 15.0. The van der Waals surface area contributed by atoms with Gasteiger partial charge in [-0.15, -0.1) is 0 Å². The Morgan fingerprint density at radius 1 is 1.09 bits per heavy atom. The summed E-state index contributed by atoms with van der Waals surface area (Å²) >= 11 is 0. The minimum absolute atomic E-state index is 0.132. The van der Waals surface area contributed by atoms with Crippen molar-refractivity contribution in [3.8, 4) is 11.5 Å². The largest absolute Gasteiger partial charge is 0.493 e. The first-order valence-electron chi connectivity index (χ1n) is 7.28. The first-order chi connectivity index (χ1) is 11.2. The maximum absolute atomic E-state index is 12.4. The molecule has 0 aliphatic heterocycles. The van der Waals surface area contributed by atoms with Gasteiger partial charge in [-0.25, -0.2) is 0 Å². The standard InChI is InChI=1S/C18H18N2O3/c1-22-16-8-13-14(11-19-15(13)9-17(16)23-2)18(21)20-10-12-6-4-3-5-7-12/h3-9,11,19H,10H2,1-2H3,(H,20,21). The molecule has 3 aromatic rings. The van der Waals surface area contributed by atoms with Crippen LogP contribution in [-0.2, 0) is 6.54 Å². The van der Waals surface area contributed by atoms with E-state index in [2.05, 4.69) is 10.3 Å². The molecule has 0 saturated heterocycles. The van der Waals surface area contributed by atoms with Crippen LogP contribution in [0.1, 0.15) is 15.9 Å². The minimum atomic E-state index is -0.132. The highest BCUT2D eigenvalue weighted by Crippen LogP contribution is 2.33. The molecular weight excluding hydrogens is 292 g/mol. The quantitative estimate of drug-likeness (QED) is 0.761. The summed E-state index contributed by atoms with van der Waals surface area (Å²) in [6, 6.07) is 13.4. The van der Waals surface area contributed by atoms with Crippen LogP contribution < -0.4 is 14.8 Å². The minimum Gasteiger partial charge on any atom is -0.493 e. The highest BCUT2D eigenvalue weighted by molar-refractivity contribution is 6.07. The summed E-state index contributed by atoms with van der Waals surface area (Å²) in [6.07, 6.45) is 1.70. The Morgan fingerprint density at radius 2 is 1.78 bits per heavy atom. The lowest BCUT2D eigenvalue weighted by Gasteiger charge is -2.08. The predicted molar refractivity (Wildman–Crippen MR) is 89.0 cm³/mol. The van der Waals surface area contributed by atoms with Crippen molar-refractivity contribution >= 4 is 16.8 Å². The van der Waals surface area contributed by atoms with E-state index >= 15 is 0 Å². The van der Waals surface area contributed by atoms with Crippen LogP contribution in [0.15, 0.2) is 48.7 Å². The number of amides is 1. The van der Waals surface area contributed by atoms with E-state index in [1.54, 1.807) is 20.4 Å². The smallest absolute Gasteiger partial charge is 0.253 e. The molecule has 0 radical (unpaired) electrons. The molecule has 23 heavy (non-hydrogen) atoms. The number of aromatic nitrogens is 1. The number of benzene rings is 2. The maximum Gasteiger partial charge on any atom is 0.253 e. The normalized spacial score (nSPS) is 10.5. The number of nitrogens with one attached hydrogen (secondary N) is 2. The topological polar surface area (TPSA) is 63.4 Å². The van der Waals surface area contributed by atoms with Crippen LogP contribution in [0.3, 0.4) is 0 Å². The van der Waals surface area contributed by atoms with Crippen molar-refractivity contribution in [3.63, 3.8) is 0 Å². The van der Waals surface area contributed by atoms with Crippen LogP contribution >= 0.6 is 0 Å². The van der Waals surface area contributed by atoms with Gasteiger partial charge in [0.1, 0.15) is 0 Å². The van der Waals surface area contributed by atoms with Crippen molar-refractivity contribution < 1.29 is 14.3 Å². The Kier molecular flexibility index (Phi) is 4.19. The van der Waals surface area contributed by atoms with Gasteiger partial charge in [-0.3, -0.25) is 4.79 Å². The lowest BCUT2D eigenvalue weighted by molar-refractivity contribution is 0.0952. The molecule has 1 aromatic heterocycles. The van der Waals surface area contributed by atoms with Gasteiger partial charge in [-0.05, 0) is 11.6 Å². The first-order valence-corrected chi connectivity index (χ1v) is 7.28. The summed E-state index contributed by atoms with van der Waals surface area (Å²) in [4.78, 5) is 15.5. The molecule has 1 amide bonds. The molecule has 0 aliphatic rings. The van der Waals surface area contributed by atoms with Crippen molar-refractivity contribution in [1.29, 1.82) is 0 Å². The molecule has 5 nitrogen and oxygen atoms in total. The Labute approximate surface area is 134 Å². The van der Waals surface area contributed by atoms with Gasteiger partial charge in [0.05, 0.1) is 25.3 Å². The molecule has 3 rings (SSSR count). The highest BCUT2D eigenvalue weighted by atomic mass is 16.5. The molecule has 0 atom stereocenters. The summed E-state index contributed by atoms with van der Waals surface area (Å²) in [6.45, 7) is 0.486. The number of rotatable bonds is 5. The molecule has 0 spiro atoms. The van der Waals surface area contributed by atoms with Crippen molar-refractivity contribution in [3.05, 3.63) is 59.8 Å². The van der Waals surface area contributed by atoms with Gasteiger partial charge in [-0.1, -0.05) is 30.3 Å². The molecule has 0 aliphatic carbocycles. The SMILES string of the molecule is COc1cc2[nH]cc(C(=O)NCc3ccccc3)c2cc1OC. The lowest BCUT2D eigenvalue weighted by Crippen LogP contribution is -2.22. The van der Waals surface area contributed by atoms with Gasteiger partial charge in [0.25, 0.3) is 5.91 Å². The van der Waals surface area contributed by atoms with Crippen molar-refractivity contribution in [1.82, 2.24) is 10.3 Å². The third kappa shape index (κ3) is 2.99. The molecular formula is C18H18N2O3. The van der Waals surface area contributed by atoms with Crippen LogP contribution in [0.4, 0.5) is 0 Å². The van der Waals surface area contributed by atoms with Gasteiger partial charge in [0.15, 0.2) is 11.5 Å². The molecule has 0 saturated carbocycles. The number of hydrogen-bond acceptors (Lipinski definition) is 3. The van der Waals surface area contributed by atoms with Gasteiger partial charge in [0.2, 0.25) is 0 Å². The number of methoxy groups -OCH3 is 2. The van der Waals surface area contributed by atoms with E-state index in [0.717, 1.165) is 16.5 Å². The zero-order valence-electron chi connectivity index (χ0n) is 13.1. The second-order valence-electron chi connectivity index (χ2n) is 5.12.